The molecule has 0 saturated carbocycles. The number of β-amino-alcohol motifs (C(OH)–C–C–N with tert-alkyl or cyclic N) is 1. The number of aromatic amines is 1. The highest BCUT2D eigenvalue weighted by atomic mass is 32.2. The number of hydrogen-bond acceptors (Lipinski definition) is 6. The number of pyridine rings is 1. The second kappa shape index (κ2) is 6.78. The van der Waals surface area contributed by atoms with Crippen LogP contribution in [0, 0.1) is 6.92 Å². The van der Waals surface area contributed by atoms with Crippen LogP contribution in [0.2, 0.25) is 0 Å². The summed E-state index contributed by atoms with van der Waals surface area (Å²) in [7, 11) is 0. The number of aliphatic hydroxyl groups is 1. The normalized spacial score (nSPS) is 14.4. The fourth-order valence-corrected chi connectivity index (χ4v) is 3.56. The van der Waals surface area contributed by atoms with Crippen molar-refractivity contribution in [3.05, 3.63) is 54.2 Å². The maximum atomic E-state index is 9.59. The Labute approximate surface area is 150 Å². The van der Waals surface area contributed by atoms with Gasteiger partial charge in [0, 0.05) is 34.6 Å². The van der Waals surface area contributed by atoms with E-state index in [0.29, 0.717) is 13.1 Å². The van der Waals surface area contributed by atoms with Crippen LogP contribution in [-0.2, 0) is 0 Å². The first-order valence-corrected chi connectivity index (χ1v) is 8.94. The fourth-order valence-electron chi connectivity index (χ4n) is 2.66. The van der Waals surface area contributed by atoms with Crippen molar-refractivity contribution in [3.63, 3.8) is 0 Å². The zero-order chi connectivity index (χ0) is 17.2. The SMILES string of the molecule is Cc1cc(Nc2cc(Sc3ccccc3)cc(N3CC(O)C3)n2)n[nH]1. The van der Waals surface area contributed by atoms with Gasteiger partial charge in [-0.2, -0.15) is 5.10 Å². The molecule has 6 nitrogen and oxygen atoms in total. The Balaban J connectivity index is 1.62. The molecule has 0 amide bonds. The van der Waals surface area contributed by atoms with E-state index in [1.54, 1.807) is 11.8 Å². The average molecular weight is 353 g/mol. The molecule has 7 heteroatoms. The smallest absolute Gasteiger partial charge is 0.153 e. The lowest BCUT2D eigenvalue weighted by Gasteiger charge is -2.37. The molecule has 0 atom stereocenters. The number of aliphatic hydroxyl groups excluding tert-OH is 1. The molecule has 0 spiro atoms. The highest BCUT2D eigenvalue weighted by molar-refractivity contribution is 7.99. The number of hydrogen-bond donors (Lipinski definition) is 3. The van der Waals surface area contributed by atoms with Gasteiger partial charge in [-0.1, -0.05) is 30.0 Å². The molecule has 0 bridgehead atoms. The van der Waals surface area contributed by atoms with E-state index in [2.05, 4.69) is 43.6 Å². The summed E-state index contributed by atoms with van der Waals surface area (Å²) >= 11 is 1.69. The summed E-state index contributed by atoms with van der Waals surface area (Å²) in [5.74, 6) is 2.34. The Kier molecular flexibility index (Phi) is 4.33. The number of aromatic nitrogens is 3. The number of rotatable bonds is 5. The molecule has 4 rings (SSSR count). The summed E-state index contributed by atoms with van der Waals surface area (Å²) in [4.78, 5) is 9.00. The quantitative estimate of drug-likeness (QED) is 0.654. The monoisotopic (exact) mass is 353 g/mol. The molecule has 1 aliphatic heterocycles. The lowest BCUT2D eigenvalue weighted by molar-refractivity contribution is 0.141. The molecule has 1 aliphatic rings. The van der Waals surface area contributed by atoms with Crippen LogP contribution in [0.1, 0.15) is 5.69 Å². The van der Waals surface area contributed by atoms with Crippen molar-refractivity contribution in [3.8, 4) is 0 Å². The van der Waals surface area contributed by atoms with Gasteiger partial charge in [-0.15, -0.1) is 0 Å². The first-order valence-electron chi connectivity index (χ1n) is 8.13. The van der Waals surface area contributed by atoms with Crippen LogP contribution in [0.5, 0.6) is 0 Å². The van der Waals surface area contributed by atoms with E-state index >= 15 is 0 Å². The van der Waals surface area contributed by atoms with Crippen LogP contribution in [0.4, 0.5) is 17.5 Å². The third-order valence-corrected chi connectivity index (χ3v) is 4.89. The minimum atomic E-state index is -0.266. The minimum absolute atomic E-state index is 0.266. The third-order valence-electron chi connectivity index (χ3n) is 3.91. The van der Waals surface area contributed by atoms with Crippen LogP contribution in [0.25, 0.3) is 0 Å². The molecule has 25 heavy (non-hydrogen) atoms. The van der Waals surface area contributed by atoms with Gasteiger partial charge in [0.15, 0.2) is 5.82 Å². The Morgan fingerprint density at radius 2 is 1.92 bits per heavy atom. The molecule has 1 fully saturated rings. The molecular formula is C18H19N5OS. The zero-order valence-corrected chi connectivity index (χ0v) is 14.6. The predicted octanol–water partition coefficient (Wildman–Crippen LogP) is 3.19. The Bertz CT molecular complexity index is 861. The van der Waals surface area contributed by atoms with Crippen LogP contribution < -0.4 is 10.2 Å². The van der Waals surface area contributed by atoms with Crippen molar-refractivity contribution in [2.24, 2.45) is 0 Å². The standard InChI is InChI=1S/C18H19N5OS/c1-12-7-17(22-21-12)19-16-8-15(25-14-5-3-2-4-6-14)9-18(20-16)23-10-13(24)11-23/h2-9,13,24H,10-11H2,1H3,(H2,19,20,21,22). The second-order valence-corrected chi connectivity index (χ2v) is 7.23. The highest BCUT2D eigenvalue weighted by Crippen LogP contribution is 2.33. The maximum Gasteiger partial charge on any atom is 0.153 e. The summed E-state index contributed by atoms with van der Waals surface area (Å²) < 4.78 is 0. The van der Waals surface area contributed by atoms with Gasteiger partial charge >= 0.3 is 0 Å². The van der Waals surface area contributed by atoms with E-state index in [9.17, 15) is 5.11 Å². The van der Waals surface area contributed by atoms with Gasteiger partial charge in [0.1, 0.15) is 11.6 Å². The number of H-pyrrole nitrogens is 1. The molecule has 0 unspecified atom stereocenters. The summed E-state index contributed by atoms with van der Waals surface area (Å²) in [5, 5.41) is 20.0. The molecule has 1 aromatic carbocycles. The predicted molar refractivity (Wildman–Crippen MR) is 99.6 cm³/mol. The number of nitrogens with one attached hydrogen (secondary N) is 2. The van der Waals surface area contributed by atoms with Crippen LogP contribution in [-0.4, -0.2) is 39.5 Å². The van der Waals surface area contributed by atoms with E-state index in [4.69, 9.17) is 0 Å². The Morgan fingerprint density at radius 3 is 2.60 bits per heavy atom. The third kappa shape index (κ3) is 3.78. The van der Waals surface area contributed by atoms with Crippen molar-refractivity contribution < 1.29 is 5.11 Å². The topological polar surface area (TPSA) is 77.1 Å². The number of nitrogens with zero attached hydrogens (tertiary/aromatic N) is 3. The van der Waals surface area contributed by atoms with Crippen molar-refractivity contribution in [1.29, 1.82) is 0 Å². The molecule has 0 radical (unpaired) electrons. The molecule has 0 aliphatic carbocycles. The van der Waals surface area contributed by atoms with E-state index in [-0.39, 0.29) is 6.10 Å². The summed E-state index contributed by atoms with van der Waals surface area (Å²) in [6.45, 7) is 3.20. The Morgan fingerprint density at radius 1 is 1.12 bits per heavy atom. The molecule has 3 N–H and O–H groups in total. The van der Waals surface area contributed by atoms with Gasteiger partial charge in [-0.05, 0) is 31.2 Å². The Hall–Kier alpha value is -2.51. The minimum Gasteiger partial charge on any atom is -0.389 e. The van der Waals surface area contributed by atoms with Crippen molar-refractivity contribution in [2.75, 3.05) is 23.3 Å². The number of aryl methyl sites for hydroxylation is 1. The number of anilines is 3. The average Bonchev–Trinajstić information content (AvgIpc) is 2.97. The molecule has 3 aromatic rings. The fraction of sp³-hybridized carbons (Fsp3) is 0.222. The van der Waals surface area contributed by atoms with Crippen molar-refractivity contribution in [2.45, 2.75) is 22.8 Å². The molecule has 1 saturated heterocycles. The molecule has 2 aromatic heterocycles. The first-order chi connectivity index (χ1) is 12.2. The van der Waals surface area contributed by atoms with Crippen LogP contribution >= 0.6 is 11.8 Å². The molecule has 128 valence electrons. The van der Waals surface area contributed by atoms with E-state index < -0.39 is 0 Å². The van der Waals surface area contributed by atoms with Crippen molar-refractivity contribution >= 4 is 29.2 Å². The molecule has 3 heterocycles. The second-order valence-electron chi connectivity index (χ2n) is 6.08. The van der Waals surface area contributed by atoms with Gasteiger partial charge < -0.3 is 15.3 Å². The first kappa shape index (κ1) is 16.0. The largest absolute Gasteiger partial charge is 0.389 e. The van der Waals surface area contributed by atoms with Gasteiger partial charge in [-0.3, -0.25) is 5.10 Å². The van der Waals surface area contributed by atoms with Gasteiger partial charge in [0.25, 0.3) is 0 Å². The maximum absolute atomic E-state index is 9.59. The van der Waals surface area contributed by atoms with Crippen molar-refractivity contribution in [1.82, 2.24) is 15.2 Å². The zero-order valence-electron chi connectivity index (χ0n) is 13.8. The lowest BCUT2D eigenvalue weighted by atomic mass is 10.2. The number of benzene rings is 1. The van der Waals surface area contributed by atoms with E-state index in [1.807, 2.05) is 37.3 Å². The summed E-state index contributed by atoms with van der Waals surface area (Å²) in [6, 6.07) is 16.3. The highest BCUT2D eigenvalue weighted by Gasteiger charge is 2.26. The van der Waals surface area contributed by atoms with Crippen LogP contribution in [0.15, 0.2) is 58.3 Å². The van der Waals surface area contributed by atoms with E-state index in [0.717, 1.165) is 28.0 Å². The summed E-state index contributed by atoms with van der Waals surface area (Å²) in [5.41, 5.74) is 0.989. The van der Waals surface area contributed by atoms with Gasteiger partial charge in [0.05, 0.1) is 6.10 Å². The van der Waals surface area contributed by atoms with Crippen LogP contribution in [0.3, 0.4) is 0 Å². The molecular weight excluding hydrogens is 334 g/mol. The van der Waals surface area contributed by atoms with Gasteiger partial charge in [-0.25, -0.2) is 4.98 Å². The lowest BCUT2D eigenvalue weighted by Crippen LogP contribution is -2.51. The summed E-state index contributed by atoms with van der Waals surface area (Å²) in [6.07, 6.45) is -0.266. The van der Waals surface area contributed by atoms with Gasteiger partial charge in [0.2, 0.25) is 0 Å². The van der Waals surface area contributed by atoms with E-state index in [1.165, 1.54) is 4.90 Å².